The van der Waals surface area contributed by atoms with Crippen LogP contribution in [0.15, 0.2) is 24.3 Å². The molecule has 2 saturated heterocycles. The third-order valence-electron chi connectivity index (χ3n) is 5.91. The van der Waals surface area contributed by atoms with Crippen LogP contribution < -0.4 is 10.2 Å². The molecule has 2 fully saturated rings. The Morgan fingerprint density at radius 1 is 1.03 bits per heavy atom. The lowest BCUT2D eigenvalue weighted by atomic mass is 10.1. The molecule has 3 aromatic rings. The van der Waals surface area contributed by atoms with Crippen LogP contribution in [-0.4, -0.2) is 71.3 Å². The molecular weight excluding hydrogens is 432 g/mol. The molecule has 9 nitrogen and oxygen atoms in total. The fraction of sp³-hybridized carbons (Fsp3) is 0.455. The quantitative estimate of drug-likeness (QED) is 0.548. The van der Waals surface area contributed by atoms with Crippen LogP contribution in [0.25, 0.3) is 16.9 Å². The molecule has 2 aliphatic rings. The van der Waals surface area contributed by atoms with E-state index in [0.717, 1.165) is 19.1 Å². The molecule has 0 aliphatic carbocycles. The highest BCUT2D eigenvalue weighted by Crippen LogP contribution is 2.32. The fourth-order valence-electron chi connectivity index (χ4n) is 4.21. The van der Waals surface area contributed by atoms with Gasteiger partial charge in [0, 0.05) is 38.6 Å². The molecule has 0 spiro atoms. The summed E-state index contributed by atoms with van der Waals surface area (Å²) in [6.07, 6.45) is -0.117. The molecule has 1 aromatic carbocycles. The number of imidazole rings is 1. The minimum atomic E-state index is -2.82. The molecule has 0 amide bonds. The molecule has 2 aromatic heterocycles. The Balaban J connectivity index is 1.70. The Morgan fingerprint density at radius 2 is 1.76 bits per heavy atom. The summed E-state index contributed by atoms with van der Waals surface area (Å²) in [6, 6.07) is 7.04. The molecule has 11 heteroatoms. The van der Waals surface area contributed by atoms with Crippen LogP contribution in [0.1, 0.15) is 30.7 Å². The van der Waals surface area contributed by atoms with E-state index in [1.54, 1.807) is 24.3 Å². The summed E-state index contributed by atoms with van der Waals surface area (Å²) >= 11 is 0. The summed E-state index contributed by atoms with van der Waals surface area (Å²) in [6.45, 7) is 3.51. The maximum Gasteiger partial charge on any atom is 0.296 e. The van der Waals surface area contributed by atoms with Gasteiger partial charge in [0.05, 0.1) is 29.8 Å². The van der Waals surface area contributed by atoms with Crippen molar-refractivity contribution >= 4 is 29.0 Å². The van der Waals surface area contributed by atoms with Crippen molar-refractivity contribution in [1.82, 2.24) is 19.5 Å². The first-order valence-electron chi connectivity index (χ1n) is 11.0. The van der Waals surface area contributed by atoms with Gasteiger partial charge in [-0.05, 0) is 25.0 Å². The monoisotopic (exact) mass is 457 g/mol. The highest BCUT2D eigenvalue weighted by atomic mass is 19.3. The number of hydrogen-bond donors (Lipinski definition) is 2. The van der Waals surface area contributed by atoms with Gasteiger partial charge in [-0.1, -0.05) is 12.1 Å². The zero-order valence-corrected chi connectivity index (χ0v) is 18.0. The average Bonchev–Trinajstić information content (AvgIpc) is 3.25. The van der Waals surface area contributed by atoms with E-state index >= 15 is 0 Å². The van der Waals surface area contributed by atoms with E-state index in [9.17, 15) is 8.78 Å². The van der Waals surface area contributed by atoms with Crippen molar-refractivity contribution in [3.05, 3.63) is 35.7 Å². The number of para-hydroxylation sites is 2. The van der Waals surface area contributed by atoms with Crippen LogP contribution in [0.2, 0.25) is 0 Å². The molecule has 0 saturated carbocycles. The molecule has 4 heterocycles. The lowest BCUT2D eigenvalue weighted by Crippen LogP contribution is -2.38. The molecule has 0 bridgehead atoms. The number of alkyl halides is 2. The van der Waals surface area contributed by atoms with Gasteiger partial charge in [0.2, 0.25) is 5.95 Å². The van der Waals surface area contributed by atoms with Crippen LogP contribution in [0.3, 0.4) is 0 Å². The Labute approximate surface area is 189 Å². The summed E-state index contributed by atoms with van der Waals surface area (Å²) in [5, 5.41) is 11.5. The van der Waals surface area contributed by atoms with E-state index in [-0.39, 0.29) is 11.9 Å². The van der Waals surface area contributed by atoms with Gasteiger partial charge in [0.1, 0.15) is 5.82 Å². The number of fused-ring (bicyclic) bond motifs is 1. The number of ether oxygens (including phenoxy) is 2. The van der Waals surface area contributed by atoms with E-state index < -0.39 is 12.2 Å². The molecule has 2 N–H and O–H groups in total. The summed E-state index contributed by atoms with van der Waals surface area (Å²) in [4.78, 5) is 15.5. The third-order valence-corrected chi connectivity index (χ3v) is 5.91. The summed E-state index contributed by atoms with van der Waals surface area (Å²) in [5.41, 5.74) is 1.28. The van der Waals surface area contributed by atoms with Crippen LogP contribution in [0.4, 0.5) is 20.5 Å². The van der Waals surface area contributed by atoms with Gasteiger partial charge in [0.25, 0.3) is 6.43 Å². The Kier molecular flexibility index (Phi) is 6.14. The molecule has 5 rings (SSSR count). The predicted octanol–water partition coefficient (Wildman–Crippen LogP) is 3.18. The molecule has 33 heavy (non-hydrogen) atoms. The second-order valence-corrected chi connectivity index (χ2v) is 7.98. The molecule has 0 unspecified atom stereocenters. The van der Waals surface area contributed by atoms with E-state index in [0.29, 0.717) is 67.9 Å². The SMILES string of the molecule is N=Cc1c(NC2CCOCC2)nc(N2CCOCC2)nc1-n1c(C(F)F)nc2ccccc21. The number of aromatic nitrogens is 4. The average molecular weight is 457 g/mol. The molecule has 174 valence electrons. The first-order valence-corrected chi connectivity index (χ1v) is 11.0. The van der Waals surface area contributed by atoms with Crippen LogP contribution in [0.5, 0.6) is 0 Å². The first kappa shape index (κ1) is 21.7. The number of rotatable bonds is 6. The molecule has 2 aliphatic heterocycles. The zero-order valence-electron chi connectivity index (χ0n) is 18.0. The molecule has 0 atom stereocenters. The van der Waals surface area contributed by atoms with Gasteiger partial charge < -0.3 is 25.1 Å². The van der Waals surface area contributed by atoms with Crippen molar-refractivity contribution in [3.8, 4) is 5.82 Å². The van der Waals surface area contributed by atoms with Gasteiger partial charge in [-0.15, -0.1) is 0 Å². The van der Waals surface area contributed by atoms with Crippen LogP contribution in [0, 0.1) is 5.41 Å². The van der Waals surface area contributed by atoms with Crippen molar-refractivity contribution in [2.45, 2.75) is 25.3 Å². The standard InChI is InChI=1S/C22H25F2N7O2/c23-18(24)21-27-16-3-1-2-4-17(16)31(21)20-15(13-25)19(26-14-5-9-32-10-6-14)28-22(29-20)30-7-11-33-12-8-30/h1-4,13-14,18,25H,5-12H2,(H,26,28,29). The summed E-state index contributed by atoms with van der Waals surface area (Å²) in [5.74, 6) is 0.649. The number of hydrogen-bond acceptors (Lipinski definition) is 8. The maximum atomic E-state index is 14.1. The number of halogens is 2. The first-order chi connectivity index (χ1) is 16.2. The third kappa shape index (κ3) is 4.25. The Bertz CT molecular complexity index is 1140. The van der Waals surface area contributed by atoms with Crippen molar-refractivity contribution < 1.29 is 18.3 Å². The van der Waals surface area contributed by atoms with E-state index in [4.69, 9.17) is 19.9 Å². The van der Waals surface area contributed by atoms with Gasteiger partial charge >= 0.3 is 0 Å². The van der Waals surface area contributed by atoms with Crippen molar-refractivity contribution in [2.75, 3.05) is 49.7 Å². The lowest BCUT2D eigenvalue weighted by molar-refractivity contribution is 0.0904. The normalized spacial score (nSPS) is 17.6. The van der Waals surface area contributed by atoms with Gasteiger partial charge in [-0.3, -0.25) is 4.57 Å². The second kappa shape index (κ2) is 9.36. The number of nitrogens with zero attached hydrogens (tertiary/aromatic N) is 5. The summed E-state index contributed by atoms with van der Waals surface area (Å²) in [7, 11) is 0. The molecule has 0 radical (unpaired) electrons. The number of nitrogens with one attached hydrogen (secondary N) is 2. The summed E-state index contributed by atoms with van der Waals surface area (Å²) < 4.78 is 40.4. The minimum absolute atomic E-state index is 0.104. The van der Waals surface area contributed by atoms with Crippen molar-refractivity contribution in [1.29, 1.82) is 5.41 Å². The maximum absolute atomic E-state index is 14.1. The van der Waals surface area contributed by atoms with E-state index in [1.807, 2.05) is 4.90 Å². The largest absolute Gasteiger partial charge is 0.381 e. The van der Waals surface area contributed by atoms with Crippen LogP contribution in [-0.2, 0) is 9.47 Å². The minimum Gasteiger partial charge on any atom is -0.381 e. The lowest BCUT2D eigenvalue weighted by Gasteiger charge is -2.29. The van der Waals surface area contributed by atoms with Gasteiger partial charge in [-0.25, -0.2) is 13.8 Å². The van der Waals surface area contributed by atoms with Crippen molar-refractivity contribution in [2.24, 2.45) is 0 Å². The van der Waals surface area contributed by atoms with Gasteiger partial charge in [0.15, 0.2) is 11.6 Å². The topological polar surface area (TPSA) is 101 Å². The molecular formula is C22H25F2N7O2. The van der Waals surface area contributed by atoms with Gasteiger partial charge in [-0.2, -0.15) is 9.97 Å². The fourth-order valence-corrected chi connectivity index (χ4v) is 4.21. The number of morpholine rings is 1. The van der Waals surface area contributed by atoms with E-state index in [1.165, 1.54) is 4.57 Å². The smallest absolute Gasteiger partial charge is 0.296 e. The second-order valence-electron chi connectivity index (χ2n) is 7.98. The van der Waals surface area contributed by atoms with E-state index in [2.05, 4.69) is 15.3 Å². The Hall–Kier alpha value is -3.18. The van der Waals surface area contributed by atoms with Crippen molar-refractivity contribution in [3.63, 3.8) is 0 Å². The highest BCUT2D eigenvalue weighted by molar-refractivity contribution is 5.91. The number of anilines is 2. The highest BCUT2D eigenvalue weighted by Gasteiger charge is 2.27. The number of benzene rings is 1. The van der Waals surface area contributed by atoms with Crippen LogP contribution >= 0.6 is 0 Å². The zero-order chi connectivity index (χ0) is 22.8. The Morgan fingerprint density at radius 3 is 2.48 bits per heavy atom. The predicted molar refractivity (Wildman–Crippen MR) is 120 cm³/mol.